The Labute approximate surface area is 553 Å². The second-order valence-electron chi connectivity index (χ2n) is 22.8. The van der Waals surface area contributed by atoms with Crippen molar-refractivity contribution in [2.75, 3.05) is 14.2 Å². The van der Waals surface area contributed by atoms with Gasteiger partial charge in [0.25, 0.3) is 0 Å². The summed E-state index contributed by atoms with van der Waals surface area (Å²) in [5.41, 5.74) is 15.5. The van der Waals surface area contributed by atoms with Gasteiger partial charge in [-0.05, 0) is 229 Å². The predicted molar refractivity (Wildman–Crippen MR) is 377 cm³/mol. The molecule has 1 saturated carbocycles. The molecule has 0 radical (unpaired) electrons. The van der Waals surface area contributed by atoms with Crippen LogP contribution in [0.1, 0.15) is 130 Å². The lowest BCUT2D eigenvalue weighted by Crippen LogP contribution is -1.99. The van der Waals surface area contributed by atoms with Crippen molar-refractivity contribution in [1.82, 2.24) is 18.3 Å². The highest BCUT2D eigenvalue weighted by molar-refractivity contribution is 5.23. The van der Waals surface area contributed by atoms with Crippen LogP contribution in [0.25, 0.3) is 0 Å². The lowest BCUT2D eigenvalue weighted by molar-refractivity contribution is 0.185. The Bertz CT molecular complexity index is 3460. The zero-order chi connectivity index (χ0) is 69.3. The van der Waals surface area contributed by atoms with Crippen LogP contribution in [-0.2, 0) is 42.9 Å². The minimum absolute atomic E-state index is 0.0810. The van der Waals surface area contributed by atoms with Gasteiger partial charge in [0.05, 0.1) is 38.6 Å². The highest BCUT2D eigenvalue weighted by Gasteiger charge is 2.23. The summed E-state index contributed by atoms with van der Waals surface area (Å²) in [6.45, 7) is 32.7. The summed E-state index contributed by atoms with van der Waals surface area (Å²) in [7, 11) is 5.46. The van der Waals surface area contributed by atoms with Crippen LogP contribution in [0.3, 0.4) is 0 Å². The van der Waals surface area contributed by atoms with Gasteiger partial charge in [-0.3, -0.25) is 0 Å². The third kappa shape index (κ3) is 34.0. The van der Waals surface area contributed by atoms with Crippen LogP contribution in [0, 0.1) is 106 Å². The normalized spacial score (nSPS) is 10.5. The number of hydrogen-bond donors (Lipinski definition) is 1. The average molecular weight is 1280 g/mol. The van der Waals surface area contributed by atoms with E-state index >= 15 is 0 Å². The summed E-state index contributed by atoms with van der Waals surface area (Å²) in [6, 6.07) is 54.5. The second-order valence-corrected chi connectivity index (χ2v) is 22.8. The molecule has 0 saturated heterocycles. The summed E-state index contributed by atoms with van der Waals surface area (Å²) in [5, 5.41) is 8.63. The molecule has 6 aromatic heterocycles. The first-order valence-electron chi connectivity index (χ1n) is 31.4. The van der Waals surface area contributed by atoms with Crippen molar-refractivity contribution in [2.45, 2.75) is 155 Å². The van der Waals surface area contributed by atoms with Crippen LogP contribution in [0.2, 0.25) is 0 Å². The average Bonchev–Trinajstić information content (AvgIpc) is 1.79. The molecule has 0 bridgehead atoms. The number of aliphatic hydroxyl groups excluding tert-OH is 1. The predicted octanol–water partition coefficient (Wildman–Crippen LogP) is 21.5. The summed E-state index contributed by atoms with van der Waals surface area (Å²) in [6.07, 6.45) is 16.3. The molecular formula is C80H104F4N4O5. The van der Waals surface area contributed by atoms with Crippen LogP contribution < -0.4 is 0 Å². The van der Waals surface area contributed by atoms with Gasteiger partial charge in [-0.25, -0.2) is 17.6 Å². The van der Waals surface area contributed by atoms with Gasteiger partial charge in [0, 0.05) is 93.0 Å². The maximum atomic E-state index is 12.4. The van der Waals surface area contributed by atoms with E-state index in [4.69, 9.17) is 23.4 Å². The number of methoxy groups -OCH3 is 2. The fourth-order valence-electron chi connectivity index (χ4n) is 8.19. The van der Waals surface area contributed by atoms with E-state index in [0.717, 1.165) is 30.0 Å². The molecule has 13 heteroatoms. The van der Waals surface area contributed by atoms with E-state index in [-0.39, 0.29) is 12.2 Å². The zero-order valence-electron chi connectivity index (χ0n) is 58.5. The maximum absolute atomic E-state index is 12.4. The molecule has 0 aliphatic heterocycles. The van der Waals surface area contributed by atoms with E-state index in [9.17, 15) is 17.6 Å². The summed E-state index contributed by atoms with van der Waals surface area (Å²) >= 11 is 0. The number of aryl methyl sites for hydroxylation is 13. The number of aromatic nitrogens is 4. The van der Waals surface area contributed by atoms with Gasteiger partial charge in [0.15, 0.2) is 11.6 Å². The number of nitrogens with zero attached hydrogens (tertiary/aromatic N) is 4. The molecule has 6 heterocycles. The van der Waals surface area contributed by atoms with Crippen LogP contribution >= 0.6 is 0 Å². The molecule has 11 aromatic rings. The van der Waals surface area contributed by atoms with Gasteiger partial charge in [-0.1, -0.05) is 108 Å². The summed E-state index contributed by atoms with van der Waals surface area (Å²) in [4.78, 5) is 0. The molecule has 1 aliphatic rings. The third-order valence-corrected chi connectivity index (χ3v) is 14.3. The van der Waals surface area contributed by atoms with E-state index in [1.165, 1.54) is 119 Å². The van der Waals surface area contributed by atoms with Crippen LogP contribution in [0.4, 0.5) is 17.6 Å². The van der Waals surface area contributed by atoms with E-state index in [2.05, 4.69) is 184 Å². The monoisotopic (exact) mass is 1280 g/mol. The minimum Gasteiger partial charge on any atom is -0.472 e. The van der Waals surface area contributed by atoms with Crippen molar-refractivity contribution >= 4 is 0 Å². The zero-order valence-corrected chi connectivity index (χ0v) is 58.5. The van der Waals surface area contributed by atoms with Crippen LogP contribution in [0.5, 0.6) is 0 Å². The lowest BCUT2D eigenvalue weighted by Gasteiger charge is -2.08. The van der Waals surface area contributed by atoms with E-state index < -0.39 is 23.3 Å². The van der Waals surface area contributed by atoms with Crippen molar-refractivity contribution in [1.29, 1.82) is 0 Å². The number of furan rings is 2. The highest BCUT2D eigenvalue weighted by Crippen LogP contribution is 2.35. The first-order chi connectivity index (χ1) is 44.3. The van der Waals surface area contributed by atoms with Crippen molar-refractivity contribution < 1.29 is 41.0 Å². The molecule has 12 rings (SSSR count). The number of rotatable bonds is 8. The first-order valence-corrected chi connectivity index (χ1v) is 31.4. The number of hydrogen-bond acceptors (Lipinski definition) is 5. The van der Waals surface area contributed by atoms with Crippen LogP contribution in [-0.4, -0.2) is 37.6 Å². The quantitative estimate of drug-likeness (QED) is 0.153. The molecule has 9 nitrogen and oxygen atoms in total. The van der Waals surface area contributed by atoms with Gasteiger partial charge < -0.3 is 41.7 Å². The summed E-state index contributed by atoms with van der Waals surface area (Å²) < 4.78 is 77.8. The Morgan fingerprint density at radius 3 is 1.35 bits per heavy atom. The molecule has 1 N–H and O–H groups in total. The van der Waals surface area contributed by atoms with Gasteiger partial charge in [-0.2, -0.15) is 0 Å². The molecule has 502 valence electrons. The van der Waals surface area contributed by atoms with E-state index in [0.29, 0.717) is 24.8 Å². The molecule has 0 atom stereocenters. The van der Waals surface area contributed by atoms with Crippen LogP contribution in [0.15, 0.2) is 222 Å². The van der Waals surface area contributed by atoms with Crippen molar-refractivity contribution in [3.8, 4) is 0 Å². The Morgan fingerprint density at radius 1 is 0.495 bits per heavy atom. The van der Waals surface area contributed by atoms with Gasteiger partial charge in [0.2, 0.25) is 0 Å². The minimum atomic E-state index is -0.782. The smallest absolute Gasteiger partial charge is 0.161 e. The van der Waals surface area contributed by atoms with E-state index in [1.54, 1.807) is 33.0 Å². The molecular weight excluding hydrogens is 1170 g/mol. The largest absolute Gasteiger partial charge is 0.472 e. The molecule has 5 aromatic carbocycles. The lowest BCUT2D eigenvalue weighted by atomic mass is 10.1. The summed E-state index contributed by atoms with van der Waals surface area (Å²) in [5.74, 6) is -1.50. The van der Waals surface area contributed by atoms with Crippen molar-refractivity contribution in [3.05, 3.63) is 321 Å². The second kappa shape index (κ2) is 45.6. The molecule has 1 aliphatic carbocycles. The number of ether oxygens (including phenoxy) is 2. The Balaban J connectivity index is 0.000000349. The molecule has 0 spiro atoms. The van der Waals surface area contributed by atoms with Crippen molar-refractivity contribution in [3.63, 3.8) is 0 Å². The number of aliphatic hydroxyl groups is 1. The molecule has 0 amide bonds. The Morgan fingerprint density at radius 2 is 1.02 bits per heavy atom. The highest BCUT2D eigenvalue weighted by atomic mass is 19.2. The Kier molecular flexibility index (Phi) is 39.5. The van der Waals surface area contributed by atoms with Gasteiger partial charge >= 0.3 is 0 Å². The molecule has 0 unspecified atom stereocenters. The Hall–Kier alpha value is -8.62. The van der Waals surface area contributed by atoms with E-state index in [1.807, 2.05) is 89.5 Å². The molecule has 1 fully saturated rings. The first kappa shape index (κ1) is 80.5. The SMILES string of the molecule is CCn1cccc1C.COCc1ccc(C)cc1.COCc1cccc(C)c1.Cc1c(F)cccc1F.Cc1ccc(CO)cc1.Cc1cccc(F)c1F.Cc1cccn1C.Cc1cccn1C(C)C.Cc1cccn1C1CC1.Cc1ccoc1.Cc1ccoc1C. The topological polar surface area (TPSA) is 84.7 Å². The van der Waals surface area contributed by atoms with Crippen molar-refractivity contribution in [2.24, 2.45) is 7.05 Å². The molecule has 93 heavy (non-hydrogen) atoms. The van der Waals surface area contributed by atoms with Gasteiger partial charge in [-0.15, -0.1) is 0 Å². The number of benzene rings is 5. The standard InChI is InChI=1S/2C9H12O.C8H11N.C8H13N.C8H10O.2C7H6F2.C7H11N.C6H9N.C6H8O.C5H6O/c1-8-3-5-9(6-4-8)7-10-2;1-8-4-3-5-9(6-8)7-10-2;1-7-3-2-6-9(7)8-4-5-8;1-7(2)9-6-4-5-8(9)3;1-7-2-4-8(6-9)5-3-7;1-5-6(8)3-2-4-7(5)9;1-5-3-2-4-6(8)7(5)9;1-3-8-6-4-5-7(8)2;1-6-4-3-5-7(6)2;1-5-3-4-7-6(5)2;1-5-2-3-6-4-5/h2*3-6H,7H2,1-2H3;2-3,6,8H,4-5H2,1H3;4-7H,1-3H3;2-5,9H,6H2,1H3;2*2-4H,1H3;4-6H,3H2,1-2H3;3-5H,1-2H3;3-4H,1-2H3;2-4H,1H3. The fourth-order valence-corrected chi connectivity index (χ4v) is 8.19. The fraction of sp³-hybridized carbons (Fsp3) is 0.325. The maximum Gasteiger partial charge on any atom is 0.161 e. The number of halogens is 4. The third-order valence-electron chi connectivity index (χ3n) is 14.3. The van der Waals surface area contributed by atoms with Gasteiger partial charge in [0.1, 0.15) is 17.4 Å².